The van der Waals surface area contributed by atoms with Crippen molar-refractivity contribution in [2.75, 3.05) is 6.61 Å². The number of carboxylic acid groups (broad SMARTS) is 1. The van der Waals surface area contributed by atoms with Gasteiger partial charge >= 0.3 is 12.1 Å². The molecule has 0 heterocycles. The Morgan fingerprint density at radius 1 is 0.643 bits per heavy atom. The number of ether oxygens (including phenoxy) is 2. The van der Waals surface area contributed by atoms with Crippen LogP contribution in [0.4, 0.5) is 4.79 Å². The summed E-state index contributed by atoms with van der Waals surface area (Å²) in [4.78, 5) is 24.5. The van der Waals surface area contributed by atoms with Crippen LogP contribution < -0.4 is 5.32 Å². The lowest BCUT2D eigenvalue weighted by Gasteiger charge is -2.37. The van der Waals surface area contributed by atoms with Crippen LogP contribution in [0.3, 0.4) is 0 Å². The molecule has 0 saturated heterocycles. The van der Waals surface area contributed by atoms with Crippen molar-refractivity contribution in [2.45, 2.75) is 18.2 Å². The van der Waals surface area contributed by atoms with Gasteiger partial charge in [0.05, 0.1) is 18.2 Å². The first kappa shape index (κ1) is 28.3. The number of hydrogen-bond donors (Lipinski definition) is 2. The van der Waals surface area contributed by atoms with Crippen LogP contribution in [0.25, 0.3) is 0 Å². The molecule has 6 heteroatoms. The van der Waals surface area contributed by atoms with Crippen LogP contribution in [-0.4, -0.2) is 23.8 Å². The summed E-state index contributed by atoms with van der Waals surface area (Å²) < 4.78 is 12.5. The van der Waals surface area contributed by atoms with Crippen LogP contribution in [0, 0.1) is 0 Å². The standard InChI is InChI=1S/C36H31NO5/c38-34(39)29-23-21-28(22-24-29)33(37-35(40)41-25-27-13-5-1-6-14-27)26-42-36(30-15-7-2-8-16-30,31-17-9-3-10-18-31)32-19-11-4-12-20-32/h1-24,33H,25-26H2,(H,37,40)(H,38,39). The van der Waals surface area contributed by atoms with Crippen molar-refractivity contribution >= 4 is 12.1 Å². The summed E-state index contributed by atoms with van der Waals surface area (Å²) in [6.45, 7) is 0.172. The molecule has 0 radical (unpaired) electrons. The van der Waals surface area contributed by atoms with Gasteiger partial charge in [0.25, 0.3) is 0 Å². The van der Waals surface area contributed by atoms with E-state index in [0.29, 0.717) is 5.56 Å². The molecule has 0 bridgehead atoms. The van der Waals surface area contributed by atoms with E-state index >= 15 is 0 Å². The summed E-state index contributed by atoms with van der Waals surface area (Å²) in [5, 5.41) is 12.4. The Bertz CT molecular complexity index is 1480. The molecule has 0 aliphatic rings. The van der Waals surface area contributed by atoms with Gasteiger partial charge in [-0.2, -0.15) is 0 Å². The first-order valence-electron chi connectivity index (χ1n) is 13.7. The van der Waals surface area contributed by atoms with Gasteiger partial charge in [-0.05, 0) is 39.9 Å². The SMILES string of the molecule is O=C(NC(COC(c1ccccc1)(c1ccccc1)c1ccccc1)c1ccc(C(=O)O)cc1)OCc1ccccc1. The quantitative estimate of drug-likeness (QED) is 0.166. The minimum absolute atomic E-state index is 0.0610. The molecule has 0 aromatic heterocycles. The monoisotopic (exact) mass is 557 g/mol. The van der Waals surface area contributed by atoms with Gasteiger partial charge in [-0.1, -0.05) is 133 Å². The van der Waals surface area contributed by atoms with Gasteiger partial charge in [-0.15, -0.1) is 0 Å². The summed E-state index contributed by atoms with van der Waals surface area (Å²) in [5.41, 5.74) is 3.47. The van der Waals surface area contributed by atoms with E-state index in [-0.39, 0.29) is 18.8 Å². The lowest BCUT2D eigenvalue weighted by atomic mass is 9.80. The van der Waals surface area contributed by atoms with Crippen LogP contribution >= 0.6 is 0 Å². The minimum Gasteiger partial charge on any atom is -0.478 e. The Morgan fingerprint density at radius 2 is 1.10 bits per heavy atom. The molecule has 42 heavy (non-hydrogen) atoms. The molecule has 5 rings (SSSR count). The third kappa shape index (κ3) is 6.57. The molecule has 210 valence electrons. The number of carbonyl (C=O) groups excluding carboxylic acids is 1. The Kier molecular flexibility index (Phi) is 9.07. The lowest BCUT2D eigenvalue weighted by Crippen LogP contribution is -2.38. The fraction of sp³-hybridized carbons (Fsp3) is 0.111. The molecule has 1 unspecified atom stereocenters. The van der Waals surface area contributed by atoms with Crippen LogP contribution in [0.2, 0.25) is 0 Å². The number of hydrogen-bond acceptors (Lipinski definition) is 4. The Morgan fingerprint density at radius 3 is 1.55 bits per heavy atom. The molecule has 2 N–H and O–H groups in total. The largest absolute Gasteiger partial charge is 0.478 e. The number of carboxylic acids is 1. The third-order valence-corrected chi connectivity index (χ3v) is 7.07. The molecular formula is C36H31NO5. The summed E-state index contributed by atoms with van der Waals surface area (Å²) in [6.07, 6.45) is -0.612. The van der Waals surface area contributed by atoms with E-state index in [1.165, 1.54) is 12.1 Å². The molecule has 5 aromatic carbocycles. The smallest absolute Gasteiger partial charge is 0.408 e. The molecule has 0 aliphatic heterocycles. The van der Waals surface area contributed by atoms with E-state index in [4.69, 9.17) is 9.47 Å². The fourth-order valence-corrected chi connectivity index (χ4v) is 4.96. The normalized spacial score (nSPS) is 11.8. The second-order valence-corrected chi connectivity index (χ2v) is 9.78. The lowest BCUT2D eigenvalue weighted by molar-refractivity contribution is -0.000799. The number of alkyl carbamates (subject to hydrolysis) is 1. The summed E-state index contributed by atoms with van der Waals surface area (Å²) in [6, 6.07) is 45.1. The maximum atomic E-state index is 13.0. The number of carbonyl (C=O) groups is 2. The first-order valence-corrected chi connectivity index (χ1v) is 13.7. The zero-order chi connectivity index (χ0) is 29.2. The summed E-state index contributed by atoms with van der Waals surface area (Å²) >= 11 is 0. The molecule has 0 aliphatic carbocycles. The van der Waals surface area contributed by atoms with Crippen molar-refractivity contribution < 1.29 is 24.2 Å². The van der Waals surface area contributed by atoms with E-state index in [9.17, 15) is 14.7 Å². The van der Waals surface area contributed by atoms with Gasteiger partial charge < -0.3 is 19.9 Å². The van der Waals surface area contributed by atoms with Crippen molar-refractivity contribution in [3.8, 4) is 0 Å². The Labute approximate surface area is 245 Å². The highest BCUT2D eigenvalue weighted by Crippen LogP contribution is 2.41. The molecule has 0 fully saturated rings. The first-order chi connectivity index (χ1) is 20.6. The summed E-state index contributed by atoms with van der Waals surface area (Å²) in [7, 11) is 0. The fourth-order valence-electron chi connectivity index (χ4n) is 4.96. The van der Waals surface area contributed by atoms with E-state index in [2.05, 4.69) is 5.32 Å². The maximum Gasteiger partial charge on any atom is 0.408 e. The average molecular weight is 558 g/mol. The van der Waals surface area contributed by atoms with Gasteiger partial charge in [-0.3, -0.25) is 0 Å². The molecule has 0 saturated carbocycles. The maximum absolute atomic E-state index is 13.0. The van der Waals surface area contributed by atoms with Crippen molar-refractivity contribution in [1.82, 2.24) is 5.32 Å². The van der Waals surface area contributed by atoms with E-state index in [0.717, 1.165) is 22.3 Å². The topological polar surface area (TPSA) is 84.9 Å². The molecule has 6 nitrogen and oxygen atoms in total. The van der Waals surface area contributed by atoms with Crippen molar-refractivity contribution in [2.24, 2.45) is 0 Å². The highest BCUT2D eigenvalue weighted by molar-refractivity contribution is 5.87. The van der Waals surface area contributed by atoms with Crippen molar-refractivity contribution in [1.29, 1.82) is 0 Å². The van der Waals surface area contributed by atoms with Crippen LogP contribution in [0.1, 0.15) is 44.2 Å². The van der Waals surface area contributed by atoms with E-state index in [1.807, 2.05) is 121 Å². The zero-order valence-corrected chi connectivity index (χ0v) is 22.9. The predicted octanol–water partition coefficient (Wildman–Crippen LogP) is 7.36. The zero-order valence-electron chi connectivity index (χ0n) is 22.9. The van der Waals surface area contributed by atoms with Crippen LogP contribution in [-0.2, 0) is 21.7 Å². The molecule has 0 spiro atoms. The summed E-state index contributed by atoms with van der Waals surface area (Å²) in [5.74, 6) is -1.03. The highest BCUT2D eigenvalue weighted by atomic mass is 16.5. The third-order valence-electron chi connectivity index (χ3n) is 7.07. The van der Waals surface area contributed by atoms with E-state index < -0.39 is 23.7 Å². The number of rotatable bonds is 11. The highest BCUT2D eigenvalue weighted by Gasteiger charge is 2.38. The molecule has 5 aromatic rings. The second-order valence-electron chi connectivity index (χ2n) is 9.78. The predicted molar refractivity (Wildman–Crippen MR) is 161 cm³/mol. The van der Waals surface area contributed by atoms with Gasteiger partial charge in [0, 0.05) is 0 Å². The minimum atomic E-state index is -1.03. The Balaban J connectivity index is 1.50. The van der Waals surface area contributed by atoms with Crippen LogP contribution in [0.5, 0.6) is 0 Å². The van der Waals surface area contributed by atoms with Crippen LogP contribution in [0.15, 0.2) is 146 Å². The number of amides is 1. The second kappa shape index (κ2) is 13.4. The average Bonchev–Trinajstić information content (AvgIpc) is 3.05. The van der Waals surface area contributed by atoms with Gasteiger partial charge in [0.1, 0.15) is 12.2 Å². The number of aromatic carboxylic acids is 1. The number of nitrogens with one attached hydrogen (secondary N) is 1. The molecule has 1 atom stereocenters. The van der Waals surface area contributed by atoms with Crippen molar-refractivity contribution in [3.05, 3.63) is 179 Å². The Hall–Kier alpha value is -5.20. The van der Waals surface area contributed by atoms with Crippen molar-refractivity contribution in [3.63, 3.8) is 0 Å². The van der Waals surface area contributed by atoms with Gasteiger partial charge in [0.2, 0.25) is 0 Å². The molecule has 1 amide bonds. The van der Waals surface area contributed by atoms with Gasteiger partial charge in [-0.25, -0.2) is 9.59 Å². The molecular weight excluding hydrogens is 526 g/mol. The van der Waals surface area contributed by atoms with Gasteiger partial charge in [0.15, 0.2) is 0 Å². The number of benzene rings is 5. The van der Waals surface area contributed by atoms with E-state index in [1.54, 1.807) is 12.1 Å².